The molecule has 7 nitrogen and oxygen atoms in total. The first-order chi connectivity index (χ1) is 17.2. The molecule has 35 heavy (non-hydrogen) atoms. The van der Waals surface area contributed by atoms with E-state index < -0.39 is 0 Å². The minimum Gasteiger partial charge on any atom is -0.475 e. The van der Waals surface area contributed by atoms with Gasteiger partial charge in [-0.05, 0) is 44.1 Å². The van der Waals surface area contributed by atoms with Gasteiger partial charge in [-0.15, -0.1) is 11.3 Å². The largest absolute Gasteiger partial charge is 0.475 e. The van der Waals surface area contributed by atoms with E-state index in [1.165, 1.54) is 6.42 Å². The third-order valence-corrected chi connectivity index (χ3v) is 7.37. The third-order valence-electron chi connectivity index (χ3n) is 6.56. The number of rotatable bonds is 5. The van der Waals surface area contributed by atoms with Crippen LogP contribution in [0.1, 0.15) is 12.8 Å². The Morgan fingerprint density at radius 3 is 2.83 bits per heavy atom. The Labute approximate surface area is 207 Å². The number of likely N-dealkylation sites (tertiary alicyclic amines) is 1. The van der Waals surface area contributed by atoms with E-state index in [9.17, 15) is 0 Å². The Balaban J connectivity index is 1.49. The number of hydrogen-bond donors (Lipinski definition) is 0. The molecular formula is C27H24N6OS. The second kappa shape index (κ2) is 9.10. The van der Waals surface area contributed by atoms with Gasteiger partial charge in [-0.3, -0.25) is 4.40 Å². The zero-order chi connectivity index (χ0) is 23.8. The molecule has 0 bridgehead atoms. The highest BCUT2D eigenvalue weighted by atomic mass is 32.1. The zero-order valence-electron chi connectivity index (χ0n) is 19.4. The van der Waals surface area contributed by atoms with E-state index in [0.717, 1.165) is 52.2 Å². The van der Waals surface area contributed by atoms with Gasteiger partial charge < -0.3 is 9.64 Å². The van der Waals surface area contributed by atoms with E-state index in [4.69, 9.17) is 16.3 Å². The molecule has 0 aliphatic carbocycles. The van der Waals surface area contributed by atoms with Gasteiger partial charge in [-0.25, -0.2) is 19.8 Å². The first-order valence-corrected chi connectivity index (χ1v) is 12.6. The molecular weight excluding hydrogens is 456 g/mol. The molecule has 2 aromatic carbocycles. The summed E-state index contributed by atoms with van der Waals surface area (Å²) in [4.78, 5) is 20.1. The van der Waals surface area contributed by atoms with Crippen LogP contribution in [0.25, 0.3) is 43.2 Å². The molecule has 5 aromatic rings. The van der Waals surface area contributed by atoms with Crippen LogP contribution in [-0.4, -0.2) is 51.0 Å². The second-order valence-electron chi connectivity index (χ2n) is 9.01. The summed E-state index contributed by atoms with van der Waals surface area (Å²) in [6.07, 6.45) is 6.09. The summed E-state index contributed by atoms with van der Waals surface area (Å²) in [6, 6.07) is 13.8. The Bertz CT molecular complexity index is 1550. The van der Waals surface area contributed by atoms with E-state index in [2.05, 4.69) is 49.4 Å². The summed E-state index contributed by atoms with van der Waals surface area (Å²) in [7, 11) is 2.16. The lowest BCUT2D eigenvalue weighted by Gasteiger charge is -2.29. The normalized spacial score (nSPS) is 16.5. The quantitative estimate of drug-likeness (QED) is 0.291. The Morgan fingerprint density at radius 1 is 1.14 bits per heavy atom. The predicted octanol–water partition coefficient (Wildman–Crippen LogP) is 5.94. The van der Waals surface area contributed by atoms with Crippen molar-refractivity contribution in [1.29, 1.82) is 0 Å². The van der Waals surface area contributed by atoms with Gasteiger partial charge in [-0.2, -0.15) is 0 Å². The fraction of sp³-hybridized carbons (Fsp3) is 0.259. The molecule has 0 radical (unpaired) electrons. The maximum atomic E-state index is 7.31. The maximum absolute atomic E-state index is 7.31. The molecule has 1 aliphatic heterocycles. The first kappa shape index (κ1) is 21.7. The topological polar surface area (TPSA) is 59.9 Å². The van der Waals surface area contributed by atoms with Crippen molar-refractivity contribution in [3.05, 3.63) is 71.8 Å². The van der Waals surface area contributed by atoms with Crippen LogP contribution in [0.3, 0.4) is 0 Å². The molecule has 174 valence electrons. The summed E-state index contributed by atoms with van der Waals surface area (Å²) in [5, 5.41) is 0. The van der Waals surface area contributed by atoms with Crippen LogP contribution < -0.4 is 4.74 Å². The van der Waals surface area contributed by atoms with Gasteiger partial charge in [0.2, 0.25) is 5.65 Å². The zero-order valence-corrected chi connectivity index (χ0v) is 20.2. The highest BCUT2D eigenvalue weighted by Gasteiger charge is 2.22. The highest BCUT2D eigenvalue weighted by molar-refractivity contribution is 7.16. The number of aromatic nitrogens is 4. The molecule has 1 saturated heterocycles. The standard InChI is InChI=1S/C27H24N6OS/c1-28-21-8-5-19(6-9-21)24-25(20-7-10-23-22(14-20)30-17-35-23)33-13-11-29-26(33)27(31-24)34-16-18-4-3-12-32(2)15-18/h5-11,13-14,17-18H,3-4,12,15-16H2,2H3/t18-/m1/s1. The molecule has 0 amide bonds. The average molecular weight is 481 g/mol. The van der Waals surface area contributed by atoms with E-state index in [1.54, 1.807) is 17.5 Å². The second-order valence-corrected chi connectivity index (χ2v) is 9.90. The first-order valence-electron chi connectivity index (χ1n) is 11.7. The fourth-order valence-electron chi connectivity index (χ4n) is 4.84. The van der Waals surface area contributed by atoms with Crippen LogP contribution in [-0.2, 0) is 0 Å². The molecule has 1 aliphatic rings. The molecule has 0 unspecified atom stereocenters. The number of imidazole rings is 1. The van der Waals surface area contributed by atoms with Crippen LogP contribution in [0.2, 0.25) is 0 Å². The monoisotopic (exact) mass is 480 g/mol. The Morgan fingerprint density at radius 2 is 2.00 bits per heavy atom. The molecule has 0 saturated carbocycles. The maximum Gasteiger partial charge on any atom is 0.259 e. The van der Waals surface area contributed by atoms with Gasteiger partial charge in [0.25, 0.3) is 5.88 Å². The summed E-state index contributed by atoms with van der Waals surface area (Å²) >= 11 is 1.63. The Kier molecular flexibility index (Phi) is 5.64. The summed E-state index contributed by atoms with van der Waals surface area (Å²) < 4.78 is 9.54. The van der Waals surface area contributed by atoms with Crippen molar-refractivity contribution < 1.29 is 4.74 Å². The molecule has 0 spiro atoms. The minimum absolute atomic E-state index is 0.471. The van der Waals surface area contributed by atoms with Crippen LogP contribution in [0.15, 0.2) is 60.4 Å². The summed E-state index contributed by atoms with van der Waals surface area (Å²) in [5.74, 6) is 1.00. The SMILES string of the molecule is [C-]#[N+]c1ccc(-c2nc(OC[C@@H]3CCCN(C)C3)c3nccn3c2-c2ccc3scnc3c2)cc1. The lowest BCUT2D eigenvalue weighted by atomic mass is 10.00. The van der Waals surface area contributed by atoms with E-state index in [0.29, 0.717) is 29.7 Å². The predicted molar refractivity (Wildman–Crippen MR) is 139 cm³/mol. The number of thiazole rings is 1. The van der Waals surface area contributed by atoms with Gasteiger partial charge >= 0.3 is 0 Å². The number of benzene rings is 2. The van der Waals surface area contributed by atoms with Crippen LogP contribution >= 0.6 is 11.3 Å². The molecule has 3 aromatic heterocycles. The third kappa shape index (κ3) is 4.14. The lowest BCUT2D eigenvalue weighted by Crippen LogP contribution is -2.34. The van der Waals surface area contributed by atoms with Gasteiger partial charge in [0.15, 0.2) is 5.69 Å². The van der Waals surface area contributed by atoms with Crippen LogP contribution in [0.5, 0.6) is 5.88 Å². The van der Waals surface area contributed by atoms with Crippen molar-refractivity contribution in [3.8, 4) is 28.4 Å². The molecule has 1 atom stereocenters. The number of hydrogen-bond acceptors (Lipinski definition) is 6. The lowest BCUT2D eigenvalue weighted by molar-refractivity contribution is 0.148. The van der Waals surface area contributed by atoms with E-state index in [1.807, 2.05) is 36.0 Å². The van der Waals surface area contributed by atoms with Crippen molar-refractivity contribution in [1.82, 2.24) is 24.3 Å². The number of fused-ring (bicyclic) bond motifs is 2. The van der Waals surface area contributed by atoms with E-state index in [-0.39, 0.29) is 0 Å². The minimum atomic E-state index is 0.471. The number of nitrogens with zero attached hydrogens (tertiary/aromatic N) is 6. The van der Waals surface area contributed by atoms with Crippen molar-refractivity contribution in [3.63, 3.8) is 0 Å². The van der Waals surface area contributed by atoms with Gasteiger partial charge in [0.05, 0.1) is 40.3 Å². The average Bonchev–Trinajstić information content (AvgIpc) is 3.56. The van der Waals surface area contributed by atoms with Gasteiger partial charge in [0.1, 0.15) is 0 Å². The van der Waals surface area contributed by atoms with Crippen molar-refractivity contribution >= 4 is 32.9 Å². The molecule has 8 heteroatoms. The Hall–Kier alpha value is -3.80. The molecule has 4 heterocycles. The smallest absolute Gasteiger partial charge is 0.259 e. The fourth-order valence-corrected chi connectivity index (χ4v) is 5.50. The van der Waals surface area contributed by atoms with Crippen LogP contribution in [0, 0.1) is 12.5 Å². The molecule has 6 rings (SSSR count). The van der Waals surface area contributed by atoms with Crippen LogP contribution in [0.4, 0.5) is 5.69 Å². The number of piperidine rings is 1. The molecule has 1 fully saturated rings. The van der Waals surface area contributed by atoms with Crippen molar-refractivity contribution in [2.75, 3.05) is 26.7 Å². The van der Waals surface area contributed by atoms with Gasteiger partial charge in [0, 0.05) is 30.4 Å². The molecule has 0 N–H and O–H groups in total. The summed E-state index contributed by atoms with van der Waals surface area (Å²) in [6.45, 7) is 10.1. The van der Waals surface area contributed by atoms with Crippen molar-refractivity contribution in [2.24, 2.45) is 5.92 Å². The van der Waals surface area contributed by atoms with Crippen molar-refractivity contribution in [2.45, 2.75) is 12.8 Å². The highest BCUT2D eigenvalue weighted by Crippen LogP contribution is 2.37. The number of ether oxygens (including phenoxy) is 1. The van der Waals surface area contributed by atoms with Gasteiger partial charge in [-0.1, -0.05) is 30.3 Å². The van der Waals surface area contributed by atoms with E-state index >= 15 is 0 Å². The summed E-state index contributed by atoms with van der Waals surface area (Å²) in [5.41, 5.74) is 7.75.